The molecule has 0 fully saturated rings. The molecule has 32 heavy (non-hydrogen) atoms. The maximum atomic E-state index is 13.5. The van der Waals surface area contributed by atoms with Gasteiger partial charge >= 0.3 is 0 Å². The molecule has 0 heterocycles. The molecule has 0 radical (unpaired) electrons. The lowest BCUT2D eigenvalue weighted by Crippen LogP contribution is -2.45. The molecule has 0 N–H and O–H groups in total. The van der Waals surface area contributed by atoms with E-state index in [0.29, 0.717) is 11.8 Å². The molecule has 0 rings (SSSR count). The molecule has 0 aliphatic carbocycles. The molecule has 0 bridgehead atoms. The predicted molar refractivity (Wildman–Crippen MR) is 146 cm³/mol. The summed E-state index contributed by atoms with van der Waals surface area (Å²) in [5.74, 6) is 1.03. The van der Waals surface area contributed by atoms with Gasteiger partial charge in [0.25, 0.3) is 14.3 Å². The zero-order valence-corrected chi connectivity index (χ0v) is 26.0. The van der Waals surface area contributed by atoms with Crippen molar-refractivity contribution >= 4 is 22.6 Å². The molecule has 3 nitrogen and oxygen atoms in total. The second-order valence-electron chi connectivity index (χ2n) is 13.5. The Morgan fingerprint density at radius 3 is 1.75 bits per heavy atom. The van der Waals surface area contributed by atoms with E-state index in [2.05, 4.69) is 108 Å². The molecule has 0 saturated carbocycles. The predicted octanol–water partition coefficient (Wildman–Crippen LogP) is 8.83. The van der Waals surface area contributed by atoms with Gasteiger partial charge in [-0.1, -0.05) is 81.4 Å². The summed E-state index contributed by atoms with van der Waals surface area (Å²) in [5.41, 5.74) is 0. The van der Waals surface area contributed by atoms with Crippen molar-refractivity contribution in [2.75, 3.05) is 6.61 Å². The van der Waals surface area contributed by atoms with Crippen LogP contribution in [-0.2, 0) is 13.6 Å². The van der Waals surface area contributed by atoms with Crippen molar-refractivity contribution in [3.8, 4) is 0 Å². The highest BCUT2D eigenvalue weighted by atomic mass is 28.4. The Hall–Kier alpha value is -0.396. The molecule has 0 spiro atoms. The van der Waals surface area contributed by atoms with Crippen LogP contribution in [0.25, 0.3) is 0 Å². The Morgan fingerprint density at radius 1 is 0.844 bits per heavy atom. The molecule has 0 saturated heterocycles. The van der Waals surface area contributed by atoms with E-state index in [9.17, 15) is 4.79 Å². The van der Waals surface area contributed by atoms with Gasteiger partial charge in [0.05, 0.1) is 5.92 Å². The van der Waals surface area contributed by atoms with Gasteiger partial charge in [-0.05, 0) is 73.3 Å². The summed E-state index contributed by atoms with van der Waals surface area (Å²) in [6.45, 7) is 31.9. The quantitative estimate of drug-likeness (QED) is 0.158. The second kappa shape index (κ2) is 12.3. The number of carbonyl (C=O) groups is 1. The molecule has 190 valence electrons. The van der Waals surface area contributed by atoms with Gasteiger partial charge in [0.2, 0.25) is 0 Å². The fourth-order valence-corrected chi connectivity index (χ4v) is 5.14. The first-order chi connectivity index (χ1) is 14.2. The summed E-state index contributed by atoms with van der Waals surface area (Å²) >= 11 is 0. The number of carbonyl (C=O) groups excluding carboxylic acids is 1. The minimum Gasteiger partial charge on any atom is -0.519 e. The monoisotopic (exact) mass is 484 g/mol. The van der Waals surface area contributed by atoms with E-state index in [1.807, 2.05) is 0 Å². The normalized spacial score (nSPS) is 16.1. The Bertz CT molecular complexity index is 593. The van der Waals surface area contributed by atoms with Gasteiger partial charge in [-0.2, -0.15) is 0 Å². The van der Waals surface area contributed by atoms with Crippen molar-refractivity contribution in [1.82, 2.24) is 0 Å². The molecule has 0 amide bonds. The van der Waals surface area contributed by atoms with Crippen molar-refractivity contribution in [2.45, 2.75) is 125 Å². The molecular formula is C27H56O3Si2. The van der Waals surface area contributed by atoms with E-state index < -0.39 is 16.6 Å². The first-order valence-electron chi connectivity index (χ1n) is 12.8. The lowest BCUT2D eigenvalue weighted by Gasteiger charge is -2.38. The van der Waals surface area contributed by atoms with Crippen LogP contribution in [0.1, 0.15) is 88.5 Å². The Balaban J connectivity index is 5.56. The molecule has 0 aromatic carbocycles. The van der Waals surface area contributed by atoms with Crippen LogP contribution in [0.4, 0.5) is 0 Å². The Labute approximate surface area is 203 Å². The fraction of sp³-hybridized carbons (Fsp3) is 0.889. The summed E-state index contributed by atoms with van der Waals surface area (Å²) < 4.78 is 12.7. The van der Waals surface area contributed by atoms with Crippen LogP contribution in [0.3, 0.4) is 0 Å². The van der Waals surface area contributed by atoms with Crippen LogP contribution < -0.4 is 0 Å². The summed E-state index contributed by atoms with van der Waals surface area (Å²) in [7, 11) is -3.89. The maximum absolute atomic E-state index is 13.5. The van der Waals surface area contributed by atoms with Crippen LogP contribution in [0.15, 0.2) is 12.2 Å². The van der Waals surface area contributed by atoms with Gasteiger partial charge in [-0.25, -0.2) is 0 Å². The third kappa shape index (κ3) is 10.7. The lowest BCUT2D eigenvalue weighted by atomic mass is 9.82. The molecule has 0 aromatic heterocycles. The largest absolute Gasteiger partial charge is 0.519 e. The Kier molecular flexibility index (Phi) is 12.2. The van der Waals surface area contributed by atoms with Gasteiger partial charge in [0.1, 0.15) is 0 Å². The number of rotatable bonds is 12. The van der Waals surface area contributed by atoms with Crippen molar-refractivity contribution < 1.29 is 13.6 Å². The highest BCUT2D eigenvalue weighted by Gasteiger charge is 2.42. The summed E-state index contributed by atoms with van der Waals surface area (Å²) in [5, 5.41) is 0.239. The zero-order valence-electron chi connectivity index (χ0n) is 24.0. The third-order valence-corrected chi connectivity index (χ3v) is 16.3. The summed E-state index contributed by atoms with van der Waals surface area (Å²) in [6, 6.07) is 0. The molecule has 0 unspecified atom stereocenters. The first kappa shape index (κ1) is 31.6. The summed E-state index contributed by atoms with van der Waals surface area (Å²) in [4.78, 5) is 13.5. The van der Waals surface area contributed by atoms with Crippen LogP contribution >= 0.6 is 0 Å². The van der Waals surface area contributed by atoms with Crippen molar-refractivity contribution in [3.05, 3.63) is 12.2 Å². The van der Waals surface area contributed by atoms with Crippen LogP contribution in [0, 0.1) is 23.7 Å². The van der Waals surface area contributed by atoms with Gasteiger partial charge in [0, 0.05) is 6.61 Å². The summed E-state index contributed by atoms with van der Waals surface area (Å²) in [6.07, 6.45) is 7.34. The topological polar surface area (TPSA) is 35.5 Å². The van der Waals surface area contributed by atoms with Gasteiger partial charge < -0.3 is 8.85 Å². The molecule has 5 heteroatoms. The Morgan fingerprint density at radius 2 is 1.34 bits per heavy atom. The molecule has 2 atom stereocenters. The molecule has 0 aromatic rings. The maximum Gasteiger partial charge on any atom is 0.296 e. The average molecular weight is 485 g/mol. The van der Waals surface area contributed by atoms with E-state index in [1.54, 1.807) is 0 Å². The highest BCUT2D eigenvalue weighted by Crippen LogP contribution is 2.39. The first-order valence-corrected chi connectivity index (χ1v) is 18.6. The standard InChI is InChI=1S/C27H56O3Si2/c1-21(2)17-18-23(16-15-19-29-31(11,12)26(5,6)7)24(20-22(3)4)25(28)30-32(13,14)27(8,9)10/h17-18,21-24H,15-16,19-20H2,1-14H3/b18-17+/t23-,24+/m0/s1. The van der Waals surface area contributed by atoms with Crippen molar-refractivity contribution in [3.63, 3.8) is 0 Å². The number of hydrogen-bond donors (Lipinski definition) is 0. The van der Waals surface area contributed by atoms with Gasteiger partial charge in [-0.15, -0.1) is 0 Å². The highest BCUT2D eigenvalue weighted by molar-refractivity contribution is 6.75. The lowest BCUT2D eigenvalue weighted by molar-refractivity contribution is -0.142. The van der Waals surface area contributed by atoms with Crippen LogP contribution in [0.2, 0.25) is 36.3 Å². The van der Waals surface area contributed by atoms with Gasteiger partial charge in [-0.3, -0.25) is 4.79 Å². The van der Waals surface area contributed by atoms with Crippen LogP contribution in [0.5, 0.6) is 0 Å². The van der Waals surface area contributed by atoms with E-state index in [-0.39, 0.29) is 27.9 Å². The minimum absolute atomic E-state index is 0.00834. The molecular weight excluding hydrogens is 428 g/mol. The van der Waals surface area contributed by atoms with E-state index in [4.69, 9.17) is 8.85 Å². The number of allylic oxidation sites excluding steroid dienone is 2. The minimum atomic E-state index is -2.15. The third-order valence-electron chi connectivity index (χ3n) is 7.40. The van der Waals surface area contributed by atoms with Crippen molar-refractivity contribution in [1.29, 1.82) is 0 Å². The fourth-order valence-electron chi connectivity index (χ4n) is 3.09. The molecule has 0 aliphatic heterocycles. The second-order valence-corrected chi connectivity index (χ2v) is 23.0. The number of hydrogen-bond acceptors (Lipinski definition) is 3. The average Bonchev–Trinajstić information content (AvgIpc) is 2.56. The van der Waals surface area contributed by atoms with E-state index in [0.717, 1.165) is 25.9 Å². The van der Waals surface area contributed by atoms with Gasteiger partial charge in [0.15, 0.2) is 8.32 Å². The molecule has 0 aliphatic rings. The zero-order chi connectivity index (χ0) is 25.5. The van der Waals surface area contributed by atoms with Crippen LogP contribution in [-0.4, -0.2) is 29.2 Å². The van der Waals surface area contributed by atoms with E-state index in [1.165, 1.54) is 0 Å². The SMILES string of the molecule is CC(C)/C=C/[C@H](CCCO[Si](C)(C)C(C)(C)C)[C@@H](CC(C)C)C(=O)O[Si](C)(C)C(C)(C)C. The van der Waals surface area contributed by atoms with E-state index >= 15 is 0 Å². The smallest absolute Gasteiger partial charge is 0.296 e. The van der Waals surface area contributed by atoms with Crippen molar-refractivity contribution in [2.24, 2.45) is 23.7 Å².